The van der Waals surface area contributed by atoms with Crippen molar-refractivity contribution in [2.75, 3.05) is 20.7 Å². The number of nitrogens with two attached hydrogens (primary N) is 1. The smallest absolute Gasteiger partial charge is 0.240 e. The summed E-state index contributed by atoms with van der Waals surface area (Å²) in [4.78, 5) is 43.0. The minimum Gasteiger partial charge on any atom is -0.390 e. The predicted octanol–water partition coefficient (Wildman–Crippen LogP) is 2.39. The number of likely N-dealkylation sites (N-methyl/N-ethyl adjacent to an activating group) is 1. The summed E-state index contributed by atoms with van der Waals surface area (Å²) in [6.07, 6.45) is 0.505. The second-order valence-corrected chi connectivity index (χ2v) is 11.9. The van der Waals surface area contributed by atoms with Gasteiger partial charge in [-0.1, -0.05) is 62.8 Å². The van der Waals surface area contributed by atoms with Gasteiger partial charge in [-0.2, -0.15) is 0 Å². The third kappa shape index (κ3) is 8.63. The Balaban J connectivity index is 2.13. The molecular weight excluding hydrogens is 536 g/mol. The Bertz CT molecular complexity index is 1060. The average molecular weight is 589 g/mol. The number of allylic oxidation sites excluding steroid dienone is 1. The fraction of sp³-hybridized carbons (Fsp3) is 0.656. The molecule has 1 heterocycles. The monoisotopic (exact) mass is 588 g/mol. The molecule has 236 valence electrons. The highest BCUT2D eigenvalue weighted by Crippen LogP contribution is 2.28. The molecule has 10 nitrogen and oxygen atoms in total. The summed E-state index contributed by atoms with van der Waals surface area (Å²) in [7, 11) is 3.19. The van der Waals surface area contributed by atoms with E-state index in [1.54, 1.807) is 42.8 Å². The van der Waals surface area contributed by atoms with Crippen molar-refractivity contribution in [2.45, 2.75) is 103 Å². The molecule has 2 rings (SSSR count). The van der Waals surface area contributed by atoms with Crippen LogP contribution in [0.3, 0.4) is 0 Å². The van der Waals surface area contributed by atoms with Gasteiger partial charge < -0.3 is 35.8 Å². The topological polar surface area (TPSA) is 145 Å². The van der Waals surface area contributed by atoms with E-state index in [2.05, 4.69) is 5.32 Å². The molecule has 8 atom stereocenters. The molecule has 0 bridgehead atoms. The predicted molar refractivity (Wildman–Crippen MR) is 163 cm³/mol. The number of rotatable bonds is 14. The van der Waals surface area contributed by atoms with E-state index in [1.165, 1.54) is 7.11 Å². The highest BCUT2D eigenvalue weighted by atomic mass is 16.5. The molecule has 0 saturated carbocycles. The summed E-state index contributed by atoms with van der Waals surface area (Å²) in [6.45, 7) is 11.3. The zero-order chi connectivity index (χ0) is 31.7. The van der Waals surface area contributed by atoms with Crippen molar-refractivity contribution < 1.29 is 29.3 Å². The van der Waals surface area contributed by atoms with Crippen molar-refractivity contribution in [3.63, 3.8) is 0 Å². The van der Waals surface area contributed by atoms with E-state index in [-0.39, 0.29) is 24.2 Å². The maximum atomic E-state index is 13.6. The van der Waals surface area contributed by atoms with Crippen LogP contribution in [0.15, 0.2) is 42.0 Å². The van der Waals surface area contributed by atoms with E-state index in [4.69, 9.17) is 10.5 Å². The first-order valence-electron chi connectivity index (χ1n) is 14.9. The molecule has 0 spiro atoms. The Morgan fingerprint density at radius 3 is 2.33 bits per heavy atom. The fourth-order valence-corrected chi connectivity index (χ4v) is 5.61. The number of carbonyl (C=O) groups is 3. The number of aliphatic hydroxyl groups is 2. The summed E-state index contributed by atoms with van der Waals surface area (Å²) >= 11 is 0. The molecule has 1 aliphatic heterocycles. The summed E-state index contributed by atoms with van der Waals surface area (Å²) in [5.41, 5.74) is 7.72. The Hall–Kier alpha value is -2.79. The zero-order valence-corrected chi connectivity index (χ0v) is 26.5. The van der Waals surface area contributed by atoms with Crippen LogP contribution in [0.4, 0.5) is 0 Å². The van der Waals surface area contributed by atoms with Gasteiger partial charge in [0.05, 0.1) is 54.8 Å². The first-order chi connectivity index (χ1) is 19.8. The van der Waals surface area contributed by atoms with Crippen molar-refractivity contribution >= 4 is 17.7 Å². The SMILES string of the molecule is CC=C(C)C(C(CC(=O)N1CCCC1C(O)C(C)C(=O)NC(C)C(O)c1ccccc1)OC)N(C)C(=O)C(N)C(C)C. The first-order valence-corrected chi connectivity index (χ1v) is 14.9. The number of ether oxygens (including phenoxy) is 1. The number of likely N-dealkylation sites (tertiary alicyclic amines) is 1. The number of hydrogen-bond acceptors (Lipinski definition) is 7. The summed E-state index contributed by atoms with van der Waals surface area (Å²) in [6, 6.07) is 6.75. The number of aliphatic hydroxyl groups excluding tert-OH is 2. The first kappa shape index (κ1) is 35.4. The number of amides is 3. The molecule has 1 aliphatic rings. The molecule has 8 unspecified atom stereocenters. The Labute approximate surface area is 251 Å². The van der Waals surface area contributed by atoms with Crippen LogP contribution in [0.1, 0.15) is 72.5 Å². The molecule has 5 N–H and O–H groups in total. The maximum Gasteiger partial charge on any atom is 0.240 e. The molecule has 0 aliphatic carbocycles. The molecular formula is C32H52N4O6. The van der Waals surface area contributed by atoms with Crippen molar-refractivity contribution in [2.24, 2.45) is 17.6 Å². The molecule has 1 saturated heterocycles. The number of carbonyl (C=O) groups excluding carboxylic acids is 3. The Morgan fingerprint density at radius 1 is 1.17 bits per heavy atom. The molecule has 10 heteroatoms. The lowest BCUT2D eigenvalue weighted by Crippen LogP contribution is -2.54. The zero-order valence-electron chi connectivity index (χ0n) is 26.5. The highest BCUT2D eigenvalue weighted by molar-refractivity contribution is 5.83. The van der Waals surface area contributed by atoms with E-state index in [0.717, 1.165) is 5.57 Å². The van der Waals surface area contributed by atoms with Crippen LogP contribution < -0.4 is 11.1 Å². The molecule has 3 amide bonds. The van der Waals surface area contributed by atoms with Gasteiger partial charge in [-0.05, 0) is 45.1 Å². The molecule has 1 fully saturated rings. The van der Waals surface area contributed by atoms with E-state index in [0.29, 0.717) is 24.9 Å². The Kier molecular flexibility index (Phi) is 13.6. The lowest BCUT2D eigenvalue weighted by Gasteiger charge is -2.38. The van der Waals surface area contributed by atoms with E-state index in [9.17, 15) is 24.6 Å². The quantitative estimate of drug-likeness (QED) is 0.244. The van der Waals surface area contributed by atoms with Crippen molar-refractivity contribution in [1.82, 2.24) is 15.1 Å². The lowest BCUT2D eigenvalue weighted by molar-refractivity contribution is -0.143. The van der Waals surface area contributed by atoms with E-state index >= 15 is 0 Å². The second kappa shape index (κ2) is 16.2. The number of hydrogen-bond donors (Lipinski definition) is 4. The molecule has 0 aromatic heterocycles. The summed E-state index contributed by atoms with van der Waals surface area (Å²) in [5.74, 6) is -1.71. The molecule has 1 aromatic rings. The van der Waals surface area contributed by atoms with Gasteiger partial charge >= 0.3 is 0 Å². The van der Waals surface area contributed by atoms with Crippen molar-refractivity contribution in [3.05, 3.63) is 47.5 Å². The van der Waals surface area contributed by atoms with Gasteiger partial charge in [0.2, 0.25) is 17.7 Å². The van der Waals surface area contributed by atoms with Crippen molar-refractivity contribution in [3.8, 4) is 0 Å². The van der Waals surface area contributed by atoms with Crippen LogP contribution in [-0.2, 0) is 19.1 Å². The van der Waals surface area contributed by atoms with E-state index in [1.807, 2.05) is 52.0 Å². The Morgan fingerprint density at radius 2 is 1.79 bits per heavy atom. The second-order valence-electron chi connectivity index (χ2n) is 11.9. The third-order valence-corrected chi connectivity index (χ3v) is 8.65. The largest absolute Gasteiger partial charge is 0.390 e. The fourth-order valence-electron chi connectivity index (χ4n) is 5.61. The maximum absolute atomic E-state index is 13.6. The minimum atomic E-state index is -1.10. The van der Waals surface area contributed by atoms with Gasteiger partial charge in [-0.3, -0.25) is 14.4 Å². The van der Waals surface area contributed by atoms with Gasteiger partial charge in [-0.25, -0.2) is 0 Å². The normalized spacial score (nSPS) is 20.8. The van der Waals surface area contributed by atoms with Crippen LogP contribution in [-0.4, -0.2) is 94.8 Å². The van der Waals surface area contributed by atoms with Gasteiger partial charge in [0.1, 0.15) is 0 Å². The van der Waals surface area contributed by atoms with E-state index < -0.39 is 54.3 Å². The van der Waals surface area contributed by atoms with Gasteiger partial charge in [-0.15, -0.1) is 0 Å². The summed E-state index contributed by atoms with van der Waals surface area (Å²) < 4.78 is 5.79. The lowest BCUT2D eigenvalue weighted by atomic mass is 9.93. The molecule has 0 radical (unpaired) electrons. The summed E-state index contributed by atoms with van der Waals surface area (Å²) in [5, 5.41) is 24.7. The highest BCUT2D eigenvalue weighted by Gasteiger charge is 2.41. The van der Waals surface area contributed by atoms with Crippen LogP contribution in [0.2, 0.25) is 0 Å². The number of benzene rings is 1. The third-order valence-electron chi connectivity index (χ3n) is 8.65. The molecule has 1 aromatic carbocycles. The van der Waals surface area contributed by atoms with Crippen LogP contribution in [0, 0.1) is 11.8 Å². The number of nitrogens with zero attached hydrogens (tertiary/aromatic N) is 2. The van der Waals surface area contributed by atoms with Crippen LogP contribution in [0.25, 0.3) is 0 Å². The van der Waals surface area contributed by atoms with Gasteiger partial charge in [0.25, 0.3) is 0 Å². The van der Waals surface area contributed by atoms with Gasteiger partial charge in [0.15, 0.2) is 0 Å². The minimum absolute atomic E-state index is 0.00895. The molecule has 42 heavy (non-hydrogen) atoms. The van der Waals surface area contributed by atoms with Crippen LogP contribution in [0.5, 0.6) is 0 Å². The van der Waals surface area contributed by atoms with Gasteiger partial charge in [0, 0.05) is 20.7 Å². The average Bonchev–Trinajstić information content (AvgIpc) is 3.48. The number of methoxy groups -OCH3 is 1. The standard InChI is InChI=1S/C32H52N4O6/c1-9-20(4)28(35(7)32(41)27(33)19(2)3)25(42-8)18-26(37)36-17-13-16-24(36)29(38)21(5)31(40)34-22(6)30(39)23-14-11-10-12-15-23/h9-12,14-15,19,21-22,24-25,27-30,38-39H,13,16-18,33H2,1-8H3,(H,34,40). The van der Waals surface area contributed by atoms with Crippen LogP contribution >= 0.6 is 0 Å². The van der Waals surface area contributed by atoms with Crippen molar-refractivity contribution in [1.29, 1.82) is 0 Å². The number of nitrogens with one attached hydrogen (secondary N) is 1.